The van der Waals surface area contributed by atoms with Crippen LogP contribution in [0.15, 0.2) is 0 Å². The molecule has 0 aromatic rings. The normalized spacial score (nSPS) is 17.2. The van der Waals surface area contributed by atoms with Crippen LogP contribution >= 0.6 is 22.6 Å². The third-order valence-corrected chi connectivity index (χ3v) is 4.41. The number of likely N-dealkylation sites (N-methyl/N-ethyl adjacent to an activating group) is 1. The summed E-state index contributed by atoms with van der Waals surface area (Å²) in [6.07, 6.45) is -2.14. The maximum absolute atomic E-state index is 9.44. The van der Waals surface area contributed by atoms with Crippen molar-refractivity contribution < 1.29 is 20.1 Å². The van der Waals surface area contributed by atoms with E-state index in [1.165, 1.54) is 7.11 Å². The van der Waals surface area contributed by atoms with E-state index in [4.69, 9.17) is 4.74 Å². The first-order chi connectivity index (χ1) is 8.81. The van der Waals surface area contributed by atoms with E-state index < -0.39 is 12.6 Å². The number of methoxy groups -OCH3 is 1. The van der Waals surface area contributed by atoms with Crippen molar-refractivity contribution >= 4 is 22.6 Å². The molecule has 3 N–H and O–H groups in total. The van der Waals surface area contributed by atoms with Crippen LogP contribution in [0.2, 0.25) is 0 Å². The second-order valence-electron chi connectivity index (χ2n) is 5.10. The van der Waals surface area contributed by atoms with Gasteiger partial charge in [-0.1, -0.05) is 29.5 Å². The molecule has 0 aliphatic rings. The minimum atomic E-state index is -1.33. The van der Waals surface area contributed by atoms with Gasteiger partial charge in [0.15, 0.2) is 12.6 Å². The Morgan fingerprint density at radius 1 is 1.05 bits per heavy atom. The predicted octanol–water partition coefficient (Wildman–Crippen LogP) is -0.230. The van der Waals surface area contributed by atoms with Gasteiger partial charge in [-0.2, -0.15) is 0 Å². The maximum atomic E-state index is 9.44. The van der Waals surface area contributed by atoms with E-state index >= 15 is 0 Å². The molecule has 0 bridgehead atoms. The first-order valence-electron chi connectivity index (χ1n) is 6.31. The smallest absolute Gasteiger partial charge is 0.166 e. The number of halogens is 1. The van der Waals surface area contributed by atoms with Gasteiger partial charge in [0.1, 0.15) is 0 Å². The molecule has 0 saturated heterocycles. The molecule has 0 spiro atoms. The van der Waals surface area contributed by atoms with Crippen molar-refractivity contribution in [2.75, 3.05) is 45.4 Å². The molecule has 116 valence electrons. The number of aliphatic hydroxyl groups excluding tert-OH is 2. The monoisotopic (exact) mass is 390 g/mol. The Balaban J connectivity index is 4.48. The van der Waals surface area contributed by atoms with Crippen LogP contribution < -0.4 is 0 Å². The zero-order valence-electron chi connectivity index (χ0n) is 12.2. The molecule has 3 unspecified atom stereocenters. The van der Waals surface area contributed by atoms with Crippen molar-refractivity contribution in [3.63, 3.8) is 0 Å². The summed E-state index contributed by atoms with van der Waals surface area (Å²) < 4.78 is 5.70. The molecule has 0 aromatic heterocycles. The summed E-state index contributed by atoms with van der Waals surface area (Å²) in [6.45, 7) is 3.67. The summed E-state index contributed by atoms with van der Waals surface area (Å²) in [5, 5.41) is 28.2. The lowest BCUT2D eigenvalue weighted by Crippen LogP contribution is -2.42. The third kappa shape index (κ3) is 8.38. The van der Waals surface area contributed by atoms with Gasteiger partial charge >= 0.3 is 0 Å². The minimum absolute atomic E-state index is 0.105. The highest BCUT2D eigenvalue weighted by Crippen LogP contribution is 2.17. The number of ether oxygens (including phenoxy) is 1. The molecular weight excluding hydrogens is 363 g/mol. The van der Waals surface area contributed by atoms with Gasteiger partial charge in [0, 0.05) is 32.7 Å². The molecule has 0 rings (SSSR count). The second-order valence-corrected chi connectivity index (χ2v) is 5.78. The van der Waals surface area contributed by atoms with Gasteiger partial charge in [-0.05, 0) is 20.0 Å². The van der Waals surface area contributed by atoms with E-state index in [0.29, 0.717) is 13.1 Å². The van der Waals surface area contributed by atoms with E-state index in [0.717, 1.165) is 11.1 Å². The molecule has 0 amide bonds. The Bertz CT molecular complexity index is 234. The lowest BCUT2D eigenvalue weighted by molar-refractivity contribution is -0.107. The predicted molar refractivity (Wildman–Crippen MR) is 82.9 cm³/mol. The van der Waals surface area contributed by atoms with Crippen LogP contribution in [-0.4, -0.2) is 83.1 Å². The number of hydrogen-bond acceptors (Lipinski definition) is 6. The Morgan fingerprint density at radius 3 is 2.00 bits per heavy atom. The lowest BCUT2D eigenvalue weighted by Gasteiger charge is -2.32. The van der Waals surface area contributed by atoms with Crippen molar-refractivity contribution in [1.82, 2.24) is 9.80 Å². The van der Waals surface area contributed by atoms with Crippen molar-refractivity contribution in [2.24, 2.45) is 11.8 Å². The highest BCUT2D eigenvalue weighted by molar-refractivity contribution is 14.1. The SMILES string of the molecule is COC(O)CN(C)CC(CN(C)CI)C(C)C(O)O. The van der Waals surface area contributed by atoms with Gasteiger partial charge in [0.2, 0.25) is 0 Å². The molecule has 0 aliphatic heterocycles. The summed E-state index contributed by atoms with van der Waals surface area (Å²) in [7, 11) is 5.34. The van der Waals surface area contributed by atoms with E-state index in [-0.39, 0.29) is 11.8 Å². The molecule has 0 radical (unpaired) electrons. The number of hydrogen-bond donors (Lipinski definition) is 3. The summed E-state index contributed by atoms with van der Waals surface area (Å²) >= 11 is 2.27. The molecule has 0 fully saturated rings. The van der Waals surface area contributed by atoms with Crippen LogP contribution in [0.1, 0.15) is 6.92 Å². The average molecular weight is 390 g/mol. The zero-order valence-corrected chi connectivity index (χ0v) is 14.3. The van der Waals surface area contributed by atoms with E-state index in [1.807, 2.05) is 25.9 Å². The van der Waals surface area contributed by atoms with Crippen molar-refractivity contribution in [2.45, 2.75) is 19.5 Å². The van der Waals surface area contributed by atoms with Crippen molar-refractivity contribution in [3.8, 4) is 0 Å². The van der Waals surface area contributed by atoms with E-state index in [1.54, 1.807) is 0 Å². The van der Waals surface area contributed by atoms with Gasteiger partial charge in [0.25, 0.3) is 0 Å². The molecular formula is C12H27IN2O4. The topological polar surface area (TPSA) is 76.4 Å². The Labute approximate surface area is 129 Å². The third-order valence-electron chi connectivity index (χ3n) is 3.25. The number of nitrogens with zero attached hydrogens (tertiary/aromatic N) is 2. The van der Waals surface area contributed by atoms with Crippen LogP contribution in [-0.2, 0) is 4.74 Å². The standard InChI is InChI=1S/C12H27IN2O4/c1-9(12(17)18)10(6-15(3)8-13)5-14(2)7-11(16)19-4/h9-12,16-18H,5-8H2,1-4H3. The molecule has 3 atom stereocenters. The van der Waals surface area contributed by atoms with Gasteiger partial charge in [-0.15, -0.1) is 0 Å². The fraction of sp³-hybridized carbons (Fsp3) is 1.00. The van der Waals surface area contributed by atoms with Gasteiger partial charge < -0.3 is 25.0 Å². The van der Waals surface area contributed by atoms with Gasteiger partial charge in [-0.3, -0.25) is 4.90 Å². The molecule has 0 heterocycles. The Morgan fingerprint density at radius 2 is 1.58 bits per heavy atom. The number of alkyl halides is 1. The lowest BCUT2D eigenvalue weighted by atomic mass is 9.92. The van der Waals surface area contributed by atoms with Crippen molar-refractivity contribution in [3.05, 3.63) is 0 Å². The minimum Gasteiger partial charge on any atom is -0.368 e. The highest BCUT2D eigenvalue weighted by Gasteiger charge is 2.25. The number of aliphatic hydroxyl groups is 3. The van der Waals surface area contributed by atoms with Gasteiger partial charge in [0.05, 0.1) is 4.55 Å². The highest BCUT2D eigenvalue weighted by atomic mass is 127. The van der Waals surface area contributed by atoms with Crippen molar-refractivity contribution in [1.29, 1.82) is 0 Å². The first kappa shape index (κ1) is 19.5. The fourth-order valence-corrected chi connectivity index (χ4v) is 2.18. The average Bonchev–Trinajstić information content (AvgIpc) is 2.36. The summed E-state index contributed by atoms with van der Waals surface area (Å²) in [4.78, 5) is 4.07. The van der Waals surface area contributed by atoms with Gasteiger partial charge in [-0.25, -0.2) is 0 Å². The Hall–Kier alpha value is 0.490. The summed E-state index contributed by atoms with van der Waals surface area (Å²) in [5.41, 5.74) is 0. The van der Waals surface area contributed by atoms with Crippen LogP contribution in [0, 0.1) is 11.8 Å². The van der Waals surface area contributed by atoms with Crippen LogP contribution in [0.5, 0.6) is 0 Å². The van der Waals surface area contributed by atoms with Crippen LogP contribution in [0.25, 0.3) is 0 Å². The quantitative estimate of drug-likeness (QED) is 0.207. The molecule has 7 heteroatoms. The maximum Gasteiger partial charge on any atom is 0.166 e. The largest absolute Gasteiger partial charge is 0.368 e. The van der Waals surface area contributed by atoms with Crippen LogP contribution in [0.4, 0.5) is 0 Å². The molecule has 0 aromatic carbocycles. The van der Waals surface area contributed by atoms with E-state index in [2.05, 4.69) is 27.5 Å². The Kier molecular flexibility index (Phi) is 10.5. The summed E-state index contributed by atoms with van der Waals surface area (Å²) in [5.74, 6) is -0.124. The molecule has 0 saturated carbocycles. The second kappa shape index (κ2) is 10.3. The van der Waals surface area contributed by atoms with Crippen LogP contribution in [0.3, 0.4) is 0 Å². The fourth-order valence-electron chi connectivity index (χ4n) is 1.90. The number of rotatable bonds is 10. The molecule has 6 nitrogen and oxygen atoms in total. The molecule has 19 heavy (non-hydrogen) atoms. The van der Waals surface area contributed by atoms with E-state index in [9.17, 15) is 15.3 Å². The summed E-state index contributed by atoms with van der Waals surface area (Å²) in [6, 6.07) is 0. The molecule has 0 aliphatic carbocycles. The first-order valence-corrected chi connectivity index (χ1v) is 7.84. The zero-order chi connectivity index (χ0) is 15.0.